The lowest BCUT2D eigenvalue weighted by Gasteiger charge is -2.12. The van der Waals surface area contributed by atoms with E-state index < -0.39 is 11.3 Å². The Labute approximate surface area is 191 Å². The molecule has 2 nitrogen and oxygen atoms in total. The van der Waals surface area contributed by atoms with Crippen LogP contribution in [0.2, 0.25) is 0 Å². The first-order valence-electron chi connectivity index (χ1n) is 11.2. The van der Waals surface area contributed by atoms with E-state index in [-0.39, 0.29) is 5.92 Å². The lowest BCUT2D eigenvalue weighted by atomic mass is 10.1. The Balaban J connectivity index is 1.77. The number of carbonyl (C=O) groups is 1. The number of unbranched alkanes of at least 4 members (excludes halogenated alkanes) is 6. The SMILES string of the molecule is CCCCCCCCCSc1ccc(-c2ccc(OC(=O)C(Cl)C(C)C)cc2)cc1. The molecule has 1 unspecified atom stereocenters. The molecule has 0 bridgehead atoms. The fraction of sp³-hybridized carbons (Fsp3) is 0.500. The molecule has 4 heteroatoms. The van der Waals surface area contributed by atoms with Crippen LogP contribution in [0.3, 0.4) is 0 Å². The molecular formula is C26H35ClO2S. The molecule has 2 aromatic rings. The smallest absolute Gasteiger partial charge is 0.329 e. The number of hydrogen-bond acceptors (Lipinski definition) is 3. The quantitative estimate of drug-likeness (QED) is 0.102. The molecule has 0 N–H and O–H groups in total. The summed E-state index contributed by atoms with van der Waals surface area (Å²) in [6.07, 6.45) is 9.46. The summed E-state index contributed by atoms with van der Waals surface area (Å²) in [7, 11) is 0. The van der Waals surface area contributed by atoms with Gasteiger partial charge in [-0.15, -0.1) is 23.4 Å². The molecule has 2 aromatic carbocycles. The van der Waals surface area contributed by atoms with Gasteiger partial charge in [-0.2, -0.15) is 0 Å². The lowest BCUT2D eigenvalue weighted by molar-refractivity contribution is -0.134. The van der Waals surface area contributed by atoms with Crippen molar-refractivity contribution in [2.24, 2.45) is 5.92 Å². The Morgan fingerprint density at radius 3 is 1.97 bits per heavy atom. The fourth-order valence-electron chi connectivity index (χ4n) is 3.15. The standard InChI is InChI=1S/C26H35ClO2S/c1-4-5-6-7-8-9-10-19-30-24-17-13-22(14-18-24)21-11-15-23(16-12-21)29-26(28)25(27)20(2)3/h11-18,20,25H,4-10,19H2,1-3H3. The minimum atomic E-state index is -0.629. The van der Waals surface area contributed by atoms with E-state index in [1.165, 1.54) is 55.6 Å². The van der Waals surface area contributed by atoms with Gasteiger partial charge in [0.2, 0.25) is 0 Å². The first-order chi connectivity index (χ1) is 14.5. The summed E-state index contributed by atoms with van der Waals surface area (Å²) in [4.78, 5) is 13.3. The zero-order valence-electron chi connectivity index (χ0n) is 18.5. The van der Waals surface area contributed by atoms with Crippen molar-refractivity contribution >= 4 is 29.3 Å². The average Bonchev–Trinajstić information content (AvgIpc) is 2.76. The molecule has 0 saturated heterocycles. The van der Waals surface area contributed by atoms with Crippen molar-refractivity contribution in [2.45, 2.75) is 76.0 Å². The molecule has 0 aliphatic heterocycles. The number of rotatable bonds is 13. The molecule has 0 heterocycles. The molecule has 0 aromatic heterocycles. The van der Waals surface area contributed by atoms with Crippen LogP contribution in [0, 0.1) is 5.92 Å². The van der Waals surface area contributed by atoms with Gasteiger partial charge in [0.25, 0.3) is 0 Å². The third-order valence-electron chi connectivity index (χ3n) is 5.09. The summed E-state index contributed by atoms with van der Waals surface area (Å²) < 4.78 is 5.36. The molecule has 2 rings (SSSR count). The van der Waals surface area contributed by atoms with E-state index in [1.807, 2.05) is 49.9 Å². The highest BCUT2D eigenvalue weighted by Crippen LogP contribution is 2.27. The van der Waals surface area contributed by atoms with E-state index in [1.54, 1.807) is 0 Å². The van der Waals surface area contributed by atoms with Crippen LogP contribution in [0.15, 0.2) is 53.4 Å². The van der Waals surface area contributed by atoms with Crippen LogP contribution in [0.4, 0.5) is 0 Å². The normalized spacial score (nSPS) is 12.2. The number of hydrogen-bond donors (Lipinski definition) is 0. The second kappa shape index (κ2) is 13.8. The summed E-state index contributed by atoms with van der Waals surface area (Å²) >= 11 is 8.00. The summed E-state index contributed by atoms with van der Waals surface area (Å²) in [5, 5.41) is -0.629. The highest BCUT2D eigenvalue weighted by molar-refractivity contribution is 7.99. The van der Waals surface area contributed by atoms with E-state index in [4.69, 9.17) is 16.3 Å². The highest BCUT2D eigenvalue weighted by atomic mass is 35.5. The van der Waals surface area contributed by atoms with Crippen molar-refractivity contribution in [1.29, 1.82) is 0 Å². The third-order valence-corrected chi connectivity index (χ3v) is 6.87. The van der Waals surface area contributed by atoms with Crippen LogP contribution in [0.25, 0.3) is 11.1 Å². The molecule has 0 fully saturated rings. The maximum absolute atomic E-state index is 12.0. The van der Waals surface area contributed by atoms with Crippen molar-refractivity contribution in [3.05, 3.63) is 48.5 Å². The van der Waals surface area contributed by atoms with Gasteiger partial charge in [-0.1, -0.05) is 83.6 Å². The van der Waals surface area contributed by atoms with Crippen molar-refractivity contribution in [2.75, 3.05) is 5.75 Å². The second-order valence-corrected chi connectivity index (χ2v) is 9.72. The number of benzene rings is 2. The van der Waals surface area contributed by atoms with E-state index >= 15 is 0 Å². The van der Waals surface area contributed by atoms with Crippen LogP contribution in [-0.2, 0) is 4.79 Å². The van der Waals surface area contributed by atoms with E-state index in [0.717, 1.165) is 11.1 Å². The van der Waals surface area contributed by atoms with Crippen LogP contribution in [0.1, 0.15) is 65.7 Å². The molecule has 0 amide bonds. The highest BCUT2D eigenvalue weighted by Gasteiger charge is 2.21. The topological polar surface area (TPSA) is 26.3 Å². The number of ether oxygens (including phenoxy) is 1. The van der Waals surface area contributed by atoms with Crippen molar-refractivity contribution < 1.29 is 9.53 Å². The molecule has 0 radical (unpaired) electrons. The zero-order valence-corrected chi connectivity index (χ0v) is 20.1. The predicted molar refractivity (Wildman–Crippen MR) is 131 cm³/mol. The Morgan fingerprint density at radius 2 is 1.40 bits per heavy atom. The van der Waals surface area contributed by atoms with Crippen molar-refractivity contribution in [3.63, 3.8) is 0 Å². The minimum Gasteiger partial charge on any atom is -0.425 e. The Kier molecular flexibility index (Phi) is 11.4. The zero-order chi connectivity index (χ0) is 21.8. The van der Waals surface area contributed by atoms with Gasteiger partial charge in [-0.3, -0.25) is 4.79 Å². The molecule has 164 valence electrons. The van der Waals surface area contributed by atoms with Crippen LogP contribution >= 0.6 is 23.4 Å². The predicted octanol–water partition coefficient (Wildman–Crippen LogP) is 8.37. The molecule has 30 heavy (non-hydrogen) atoms. The van der Waals surface area contributed by atoms with Crippen LogP contribution in [-0.4, -0.2) is 17.1 Å². The number of carbonyl (C=O) groups excluding carboxylic acids is 1. The monoisotopic (exact) mass is 446 g/mol. The summed E-state index contributed by atoms with van der Waals surface area (Å²) in [6, 6.07) is 16.3. The van der Waals surface area contributed by atoms with Gasteiger partial charge in [0, 0.05) is 4.90 Å². The molecule has 0 aliphatic carbocycles. The van der Waals surface area contributed by atoms with Gasteiger partial charge in [0.1, 0.15) is 11.1 Å². The van der Waals surface area contributed by atoms with Crippen LogP contribution < -0.4 is 4.74 Å². The molecular weight excluding hydrogens is 412 g/mol. The summed E-state index contributed by atoms with van der Waals surface area (Å²) in [6.45, 7) is 6.07. The third kappa shape index (κ3) is 8.73. The van der Waals surface area contributed by atoms with Crippen LogP contribution in [0.5, 0.6) is 5.75 Å². The van der Waals surface area contributed by atoms with Gasteiger partial charge >= 0.3 is 5.97 Å². The van der Waals surface area contributed by atoms with Gasteiger partial charge in [-0.25, -0.2) is 0 Å². The van der Waals surface area contributed by atoms with E-state index in [9.17, 15) is 4.79 Å². The summed E-state index contributed by atoms with van der Waals surface area (Å²) in [5.74, 6) is 1.35. The number of alkyl halides is 1. The molecule has 0 spiro atoms. The summed E-state index contributed by atoms with van der Waals surface area (Å²) in [5.41, 5.74) is 2.26. The van der Waals surface area contributed by atoms with Gasteiger partial charge < -0.3 is 4.74 Å². The Morgan fingerprint density at radius 1 is 0.867 bits per heavy atom. The Hall–Kier alpha value is -1.45. The van der Waals surface area contributed by atoms with Crippen molar-refractivity contribution in [1.82, 2.24) is 0 Å². The molecule has 0 saturated carbocycles. The average molecular weight is 447 g/mol. The first kappa shape index (κ1) is 24.8. The second-order valence-electron chi connectivity index (χ2n) is 8.09. The fourth-order valence-corrected chi connectivity index (χ4v) is 4.11. The maximum Gasteiger partial charge on any atom is 0.329 e. The van der Waals surface area contributed by atoms with Crippen molar-refractivity contribution in [3.8, 4) is 16.9 Å². The Bertz CT molecular complexity index is 741. The number of thioether (sulfide) groups is 1. The molecule has 0 aliphatic rings. The number of esters is 1. The minimum absolute atomic E-state index is 0.0422. The molecule has 1 atom stereocenters. The first-order valence-corrected chi connectivity index (χ1v) is 12.6. The lowest BCUT2D eigenvalue weighted by Crippen LogP contribution is -2.25. The van der Waals surface area contributed by atoms with Gasteiger partial charge in [0.15, 0.2) is 0 Å². The van der Waals surface area contributed by atoms with E-state index in [0.29, 0.717) is 5.75 Å². The largest absolute Gasteiger partial charge is 0.425 e. The maximum atomic E-state index is 12.0. The van der Waals surface area contributed by atoms with Gasteiger partial charge in [0.05, 0.1) is 0 Å². The number of halogens is 1. The van der Waals surface area contributed by atoms with Gasteiger partial charge in [-0.05, 0) is 53.5 Å². The van der Waals surface area contributed by atoms with E-state index in [2.05, 4.69) is 31.2 Å².